The highest BCUT2D eigenvalue weighted by atomic mass is 32.1. The fraction of sp³-hybridized carbons (Fsp3) is 0.667. The predicted octanol–water partition coefficient (Wildman–Crippen LogP) is 1.82. The molecule has 3 rings (SSSR count). The van der Waals surface area contributed by atoms with Crippen molar-refractivity contribution in [3.05, 3.63) is 21.9 Å². The van der Waals surface area contributed by atoms with Crippen LogP contribution in [0.4, 0.5) is 0 Å². The van der Waals surface area contributed by atoms with Gasteiger partial charge in [-0.05, 0) is 25.5 Å². The second kappa shape index (κ2) is 5.47. The van der Waals surface area contributed by atoms with Crippen LogP contribution in [0, 0.1) is 12.8 Å². The van der Waals surface area contributed by atoms with Gasteiger partial charge < -0.3 is 15.2 Å². The molecule has 0 aromatic carbocycles. The largest absolute Gasteiger partial charge is 0.388 e. The second-order valence-corrected chi connectivity index (χ2v) is 7.27. The molecule has 1 saturated carbocycles. The lowest BCUT2D eigenvalue weighted by Crippen LogP contribution is -2.47. The molecule has 20 heavy (non-hydrogen) atoms. The maximum atomic E-state index is 12.1. The molecule has 2 aliphatic rings. The number of nitrogens with one attached hydrogen (secondary N) is 1. The first-order valence-corrected chi connectivity index (χ1v) is 8.03. The molecule has 110 valence electrons. The summed E-state index contributed by atoms with van der Waals surface area (Å²) in [6.07, 6.45) is 2.14. The summed E-state index contributed by atoms with van der Waals surface area (Å²) >= 11 is 1.78. The lowest BCUT2D eigenvalue weighted by Gasteiger charge is -2.32. The number of thiophene rings is 1. The van der Waals surface area contributed by atoms with Crippen molar-refractivity contribution in [2.75, 3.05) is 19.8 Å². The van der Waals surface area contributed by atoms with Crippen molar-refractivity contribution < 1.29 is 14.6 Å². The van der Waals surface area contributed by atoms with Gasteiger partial charge in [0.15, 0.2) is 0 Å². The molecule has 1 aromatic heterocycles. The first-order chi connectivity index (χ1) is 9.57. The second-order valence-electron chi connectivity index (χ2n) is 5.95. The minimum Gasteiger partial charge on any atom is -0.388 e. The number of aryl methyl sites for hydroxylation is 1. The molecule has 2 heterocycles. The summed E-state index contributed by atoms with van der Waals surface area (Å²) in [5.41, 5.74) is -0.780. The Morgan fingerprint density at radius 3 is 2.90 bits per heavy atom. The van der Waals surface area contributed by atoms with Crippen molar-refractivity contribution in [3.8, 4) is 0 Å². The monoisotopic (exact) mass is 295 g/mol. The van der Waals surface area contributed by atoms with Gasteiger partial charge in [-0.3, -0.25) is 4.79 Å². The van der Waals surface area contributed by atoms with Crippen LogP contribution in [0.5, 0.6) is 0 Å². The zero-order valence-corrected chi connectivity index (χ0v) is 12.5. The Bertz CT molecular complexity index is 493. The Hall–Kier alpha value is -0.910. The molecule has 1 aliphatic carbocycles. The number of ether oxygens (including phenoxy) is 1. The summed E-state index contributed by atoms with van der Waals surface area (Å²) in [5.74, 6) is 0.565. The SMILES string of the molecule is Cc1ccc(C2CC2C(=O)NCC2(O)CCOCC2)s1. The molecule has 0 radical (unpaired) electrons. The van der Waals surface area contributed by atoms with Crippen LogP contribution in [0.2, 0.25) is 0 Å². The Balaban J connectivity index is 1.49. The van der Waals surface area contributed by atoms with Gasteiger partial charge in [0.25, 0.3) is 0 Å². The highest BCUT2D eigenvalue weighted by Gasteiger charge is 2.45. The number of rotatable bonds is 4. The van der Waals surface area contributed by atoms with Crippen molar-refractivity contribution in [1.82, 2.24) is 5.32 Å². The van der Waals surface area contributed by atoms with E-state index < -0.39 is 5.60 Å². The smallest absolute Gasteiger partial charge is 0.223 e. The van der Waals surface area contributed by atoms with Crippen LogP contribution in [-0.4, -0.2) is 36.4 Å². The molecule has 0 spiro atoms. The van der Waals surface area contributed by atoms with E-state index >= 15 is 0 Å². The van der Waals surface area contributed by atoms with Gasteiger partial charge in [-0.15, -0.1) is 11.3 Å². The summed E-state index contributed by atoms with van der Waals surface area (Å²) in [5, 5.41) is 13.2. The van der Waals surface area contributed by atoms with Crippen molar-refractivity contribution in [3.63, 3.8) is 0 Å². The fourth-order valence-electron chi connectivity index (χ4n) is 2.76. The average molecular weight is 295 g/mol. The van der Waals surface area contributed by atoms with E-state index in [1.807, 2.05) is 0 Å². The normalized spacial score (nSPS) is 28.1. The highest BCUT2D eigenvalue weighted by Crippen LogP contribution is 2.49. The topological polar surface area (TPSA) is 58.6 Å². The van der Waals surface area contributed by atoms with Crippen molar-refractivity contribution in [2.24, 2.45) is 5.92 Å². The van der Waals surface area contributed by atoms with E-state index in [0.29, 0.717) is 38.5 Å². The molecular weight excluding hydrogens is 274 g/mol. The molecule has 2 N–H and O–H groups in total. The molecule has 1 aromatic rings. The van der Waals surface area contributed by atoms with Gasteiger partial charge in [0.05, 0.1) is 5.60 Å². The van der Waals surface area contributed by atoms with Gasteiger partial charge in [0, 0.05) is 54.2 Å². The number of hydrogen-bond acceptors (Lipinski definition) is 4. The molecule has 1 amide bonds. The molecule has 2 fully saturated rings. The predicted molar refractivity (Wildman–Crippen MR) is 77.9 cm³/mol. The van der Waals surface area contributed by atoms with Crippen molar-refractivity contribution >= 4 is 17.2 Å². The number of hydrogen-bond donors (Lipinski definition) is 2. The van der Waals surface area contributed by atoms with Crippen LogP contribution in [-0.2, 0) is 9.53 Å². The van der Waals surface area contributed by atoms with E-state index in [-0.39, 0.29) is 11.8 Å². The molecular formula is C15H21NO3S. The van der Waals surface area contributed by atoms with Gasteiger partial charge in [0.2, 0.25) is 5.91 Å². The lowest BCUT2D eigenvalue weighted by atomic mass is 9.94. The maximum Gasteiger partial charge on any atom is 0.223 e. The average Bonchev–Trinajstić information content (AvgIpc) is 3.12. The summed E-state index contributed by atoms with van der Waals surface area (Å²) < 4.78 is 5.24. The summed E-state index contributed by atoms with van der Waals surface area (Å²) in [4.78, 5) is 14.7. The molecule has 1 aliphatic heterocycles. The van der Waals surface area contributed by atoms with Gasteiger partial charge in [-0.2, -0.15) is 0 Å². The van der Waals surface area contributed by atoms with Crippen LogP contribution >= 0.6 is 11.3 Å². The third kappa shape index (κ3) is 3.05. The van der Waals surface area contributed by atoms with Crippen LogP contribution in [0.1, 0.15) is 34.9 Å². The van der Waals surface area contributed by atoms with E-state index in [9.17, 15) is 9.90 Å². The maximum absolute atomic E-state index is 12.1. The number of carbonyl (C=O) groups is 1. The minimum atomic E-state index is -0.780. The molecule has 1 saturated heterocycles. The van der Waals surface area contributed by atoms with Gasteiger partial charge in [-0.25, -0.2) is 0 Å². The van der Waals surface area contributed by atoms with E-state index in [4.69, 9.17) is 4.74 Å². The first-order valence-electron chi connectivity index (χ1n) is 7.22. The molecule has 0 bridgehead atoms. The van der Waals surface area contributed by atoms with Crippen LogP contribution in [0.15, 0.2) is 12.1 Å². The Morgan fingerprint density at radius 1 is 1.50 bits per heavy atom. The standard InChI is InChI=1S/C15H21NO3S/c1-10-2-3-13(20-10)11-8-12(11)14(17)16-9-15(18)4-6-19-7-5-15/h2-3,11-12,18H,4-9H2,1H3,(H,16,17). The zero-order chi connectivity index (χ0) is 14.2. The van der Waals surface area contributed by atoms with Gasteiger partial charge in [-0.1, -0.05) is 0 Å². The zero-order valence-electron chi connectivity index (χ0n) is 11.7. The van der Waals surface area contributed by atoms with E-state index in [2.05, 4.69) is 24.4 Å². The van der Waals surface area contributed by atoms with Crippen LogP contribution in [0.25, 0.3) is 0 Å². The summed E-state index contributed by atoms with van der Waals surface area (Å²) in [7, 11) is 0. The van der Waals surface area contributed by atoms with Gasteiger partial charge >= 0.3 is 0 Å². The molecule has 2 unspecified atom stereocenters. The lowest BCUT2D eigenvalue weighted by molar-refractivity contribution is -0.125. The Labute approximate surface area is 123 Å². The van der Waals surface area contributed by atoms with E-state index in [1.165, 1.54) is 9.75 Å². The van der Waals surface area contributed by atoms with Crippen LogP contribution in [0.3, 0.4) is 0 Å². The Kier molecular flexibility index (Phi) is 3.84. The van der Waals surface area contributed by atoms with Gasteiger partial charge in [0.1, 0.15) is 0 Å². The van der Waals surface area contributed by atoms with E-state index in [0.717, 1.165) is 6.42 Å². The third-order valence-electron chi connectivity index (χ3n) is 4.27. The fourth-order valence-corrected chi connectivity index (χ4v) is 3.82. The molecule has 4 nitrogen and oxygen atoms in total. The quantitative estimate of drug-likeness (QED) is 0.891. The first kappa shape index (κ1) is 14.0. The summed E-state index contributed by atoms with van der Waals surface area (Å²) in [6, 6.07) is 4.24. The van der Waals surface area contributed by atoms with E-state index in [1.54, 1.807) is 11.3 Å². The number of aliphatic hydroxyl groups is 1. The Morgan fingerprint density at radius 2 is 2.25 bits per heavy atom. The number of amides is 1. The highest BCUT2D eigenvalue weighted by molar-refractivity contribution is 7.12. The van der Waals surface area contributed by atoms with Crippen molar-refractivity contribution in [1.29, 1.82) is 0 Å². The summed E-state index contributed by atoms with van der Waals surface area (Å²) in [6.45, 7) is 3.59. The molecule has 5 heteroatoms. The minimum absolute atomic E-state index is 0.0842. The van der Waals surface area contributed by atoms with Crippen LogP contribution < -0.4 is 5.32 Å². The third-order valence-corrected chi connectivity index (χ3v) is 5.40. The van der Waals surface area contributed by atoms with Crippen molar-refractivity contribution in [2.45, 2.75) is 37.7 Å². The number of carbonyl (C=O) groups excluding carboxylic acids is 1. The molecule has 2 atom stereocenters.